The molecule has 0 amide bonds. The molecular formula is C16H18N2O. The molecule has 3 nitrogen and oxygen atoms in total. The minimum atomic E-state index is 0.283. The fourth-order valence-electron chi connectivity index (χ4n) is 2.47. The van der Waals surface area contributed by atoms with Crippen molar-refractivity contribution in [1.82, 2.24) is 0 Å². The Hall–Kier alpha value is -2.16. The van der Waals surface area contributed by atoms with Gasteiger partial charge in [0.05, 0.1) is 12.6 Å². The third-order valence-electron chi connectivity index (χ3n) is 3.55. The van der Waals surface area contributed by atoms with E-state index in [0.717, 1.165) is 30.2 Å². The molecule has 0 aromatic heterocycles. The fourth-order valence-corrected chi connectivity index (χ4v) is 2.47. The molecule has 98 valence electrons. The Morgan fingerprint density at radius 3 is 2.95 bits per heavy atom. The van der Waals surface area contributed by atoms with Crippen molar-refractivity contribution in [2.75, 3.05) is 17.7 Å². The molecule has 0 radical (unpaired) electrons. The molecular weight excluding hydrogens is 236 g/mol. The summed E-state index contributed by atoms with van der Waals surface area (Å²) in [5, 5.41) is 3.59. The average Bonchev–Trinajstić information content (AvgIpc) is 2.43. The molecule has 19 heavy (non-hydrogen) atoms. The van der Waals surface area contributed by atoms with Gasteiger partial charge >= 0.3 is 0 Å². The van der Waals surface area contributed by atoms with Crippen LogP contribution >= 0.6 is 0 Å². The Kier molecular flexibility index (Phi) is 3.03. The summed E-state index contributed by atoms with van der Waals surface area (Å²) < 4.78 is 5.68. The standard InChI is InChI=1S/C16H18N2O/c1-11-6-7-12(17)10-15(11)18-14-8-9-19-16-5-3-2-4-13(14)16/h2-7,10,14,18H,8-9,17H2,1H3. The Morgan fingerprint density at radius 2 is 2.05 bits per heavy atom. The highest BCUT2D eigenvalue weighted by molar-refractivity contribution is 5.60. The van der Waals surface area contributed by atoms with Crippen LogP contribution in [0.25, 0.3) is 0 Å². The number of fused-ring (bicyclic) bond motifs is 1. The zero-order valence-corrected chi connectivity index (χ0v) is 11.0. The largest absolute Gasteiger partial charge is 0.493 e. The van der Waals surface area contributed by atoms with Crippen LogP contribution in [-0.2, 0) is 0 Å². The minimum absolute atomic E-state index is 0.283. The number of nitrogens with two attached hydrogens (primary N) is 1. The van der Waals surface area contributed by atoms with Gasteiger partial charge in [0.2, 0.25) is 0 Å². The molecule has 1 aliphatic heterocycles. The van der Waals surface area contributed by atoms with Gasteiger partial charge in [0.25, 0.3) is 0 Å². The van der Waals surface area contributed by atoms with E-state index in [2.05, 4.69) is 24.4 Å². The second kappa shape index (κ2) is 4.84. The quantitative estimate of drug-likeness (QED) is 0.806. The first-order valence-electron chi connectivity index (χ1n) is 6.58. The van der Waals surface area contributed by atoms with Crippen LogP contribution in [-0.4, -0.2) is 6.61 Å². The van der Waals surface area contributed by atoms with E-state index in [0.29, 0.717) is 0 Å². The van der Waals surface area contributed by atoms with E-state index in [1.807, 2.05) is 30.3 Å². The van der Waals surface area contributed by atoms with Gasteiger partial charge in [-0.25, -0.2) is 0 Å². The lowest BCUT2D eigenvalue weighted by Gasteiger charge is -2.28. The summed E-state index contributed by atoms with van der Waals surface area (Å²) >= 11 is 0. The van der Waals surface area contributed by atoms with Crippen LogP contribution in [0.2, 0.25) is 0 Å². The molecule has 2 aromatic rings. The Bertz CT molecular complexity index is 595. The molecule has 1 atom stereocenters. The minimum Gasteiger partial charge on any atom is -0.493 e. The molecule has 0 saturated carbocycles. The molecule has 0 aliphatic carbocycles. The number of benzene rings is 2. The second-order valence-electron chi connectivity index (χ2n) is 4.95. The highest BCUT2D eigenvalue weighted by Gasteiger charge is 2.21. The van der Waals surface area contributed by atoms with Gasteiger partial charge in [0.15, 0.2) is 0 Å². The van der Waals surface area contributed by atoms with E-state index in [9.17, 15) is 0 Å². The van der Waals surface area contributed by atoms with Crippen LogP contribution in [0.15, 0.2) is 42.5 Å². The predicted octanol–water partition coefficient (Wildman–Crippen LogP) is 3.51. The van der Waals surface area contributed by atoms with E-state index in [-0.39, 0.29) is 6.04 Å². The van der Waals surface area contributed by atoms with Gasteiger partial charge in [-0.15, -0.1) is 0 Å². The third kappa shape index (κ3) is 2.36. The summed E-state index contributed by atoms with van der Waals surface area (Å²) in [6.07, 6.45) is 0.964. The van der Waals surface area contributed by atoms with Gasteiger partial charge in [-0.3, -0.25) is 0 Å². The number of para-hydroxylation sites is 1. The van der Waals surface area contributed by atoms with Crippen LogP contribution in [0, 0.1) is 6.92 Å². The molecule has 0 saturated heterocycles. The van der Waals surface area contributed by atoms with Crippen LogP contribution < -0.4 is 15.8 Å². The summed E-state index contributed by atoms with van der Waals surface area (Å²) in [5.74, 6) is 0.979. The van der Waals surface area contributed by atoms with Crippen molar-refractivity contribution < 1.29 is 4.74 Å². The molecule has 3 heteroatoms. The van der Waals surface area contributed by atoms with Crippen molar-refractivity contribution in [2.24, 2.45) is 0 Å². The van der Waals surface area contributed by atoms with Gasteiger partial charge in [-0.2, -0.15) is 0 Å². The molecule has 1 unspecified atom stereocenters. The molecule has 3 rings (SSSR count). The fraction of sp³-hybridized carbons (Fsp3) is 0.250. The Balaban J connectivity index is 1.90. The van der Waals surface area contributed by atoms with E-state index < -0.39 is 0 Å². The van der Waals surface area contributed by atoms with Gasteiger partial charge in [-0.05, 0) is 30.7 Å². The molecule has 0 spiro atoms. The molecule has 1 heterocycles. The van der Waals surface area contributed by atoms with E-state index in [4.69, 9.17) is 10.5 Å². The topological polar surface area (TPSA) is 47.3 Å². The van der Waals surface area contributed by atoms with Gasteiger partial charge in [0, 0.05) is 23.4 Å². The zero-order valence-electron chi connectivity index (χ0n) is 11.0. The van der Waals surface area contributed by atoms with Gasteiger partial charge in [0.1, 0.15) is 5.75 Å². The highest BCUT2D eigenvalue weighted by atomic mass is 16.5. The van der Waals surface area contributed by atoms with Crippen molar-refractivity contribution in [3.05, 3.63) is 53.6 Å². The molecule has 0 bridgehead atoms. The van der Waals surface area contributed by atoms with Crippen molar-refractivity contribution in [1.29, 1.82) is 0 Å². The monoisotopic (exact) mass is 254 g/mol. The van der Waals surface area contributed by atoms with Crippen molar-refractivity contribution in [3.8, 4) is 5.75 Å². The maximum absolute atomic E-state index is 5.86. The number of hydrogen-bond donors (Lipinski definition) is 2. The lowest BCUT2D eigenvalue weighted by Crippen LogP contribution is -2.20. The number of nitrogens with one attached hydrogen (secondary N) is 1. The summed E-state index contributed by atoms with van der Waals surface area (Å²) in [5.41, 5.74) is 10.2. The summed E-state index contributed by atoms with van der Waals surface area (Å²) in [6, 6.07) is 14.4. The predicted molar refractivity (Wildman–Crippen MR) is 78.5 cm³/mol. The van der Waals surface area contributed by atoms with Crippen molar-refractivity contribution in [2.45, 2.75) is 19.4 Å². The van der Waals surface area contributed by atoms with E-state index in [1.165, 1.54) is 11.1 Å². The van der Waals surface area contributed by atoms with Crippen molar-refractivity contribution in [3.63, 3.8) is 0 Å². The van der Waals surface area contributed by atoms with E-state index in [1.54, 1.807) is 0 Å². The van der Waals surface area contributed by atoms with Crippen LogP contribution in [0.3, 0.4) is 0 Å². The molecule has 2 aromatic carbocycles. The molecule has 0 fully saturated rings. The number of ether oxygens (including phenoxy) is 1. The van der Waals surface area contributed by atoms with Gasteiger partial charge < -0.3 is 15.8 Å². The summed E-state index contributed by atoms with van der Waals surface area (Å²) in [7, 11) is 0. The Morgan fingerprint density at radius 1 is 1.21 bits per heavy atom. The van der Waals surface area contributed by atoms with Crippen LogP contribution in [0.1, 0.15) is 23.6 Å². The normalized spacial score (nSPS) is 17.4. The van der Waals surface area contributed by atoms with E-state index >= 15 is 0 Å². The summed E-state index contributed by atoms with van der Waals surface area (Å²) in [4.78, 5) is 0. The van der Waals surface area contributed by atoms with Crippen molar-refractivity contribution >= 4 is 11.4 Å². The maximum Gasteiger partial charge on any atom is 0.124 e. The van der Waals surface area contributed by atoms with Gasteiger partial charge in [-0.1, -0.05) is 24.3 Å². The maximum atomic E-state index is 5.86. The first-order valence-corrected chi connectivity index (χ1v) is 6.58. The molecule has 1 aliphatic rings. The lowest BCUT2D eigenvalue weighted by atomic mass is 10.00. The molecule has 3 N–H and O–H groups in total. The number of anilines is 2. The number of rotatable bonds is 2. The SMILES string of the molecule is Cc1ccc(N)cc1NC1CCOc2ccccc21. The lowest BCUT2D eigenvalue weighted by molar-refractivity contribution is 0.274. The third-order valence-corrected chi connectivity index (χ3v) is 3.55. The van der Waals surface area contributed by atoms with Crippen LogP contribution in [0.5, 0.6) is 5.75 Å². The average molecular weight is 254 g/mol. The smallest absolute Gasteiger partial charge is 0.124 e. The first-order chi connectivity index (χ1) is 9.24. The second-order valence-corrected chi connectivity index (χ2v) is 4.95. The Labute approximate surface area is 113 Å². The number of hydrogen-bond acceptors (Lipinski definition) is 3. The number of nitrogen functional groups attached to an aromatic ring is 1. The van der Waals surface area contributed by atoms with Crippen LogP contribution in [0.4, 0.5) is 11.4 Å². The first kappa shape index (κ1) is 11.9. The highest BCUT2D eigenvalue weighted by Crippen LogP contribution is 2.34. The summed E-state index contributed by atoms with van der Waals surface area (Å²) in [6.45, 7) is 2.84. The zero-order chi connectivity index (χ0) is 13.2. The number of aryl methyl sites for hydroxylation is 1.